The number of carbonyl (C=O) groups is 1. The van der Waals surface area contributed by atoms with E-state index in [9.17, 15) is 9.18 Å². The molecule has 5 heteroatoms. The molecule has 21 heavy (non-hydrogen) atoms. The Morgan fingerprint density at radius 2 is 1.95 bits per heavy atom. The number of carbonyl (C=O) groups excluding carboxylic acids is 1. The van der Waals surface area contributed by atoms with Crippen molar-refractivity contribution in [3.63, 3.8) is 0 Å². The van der Waals surface area contributed by atoms with Crippen molar-refractivity contribution < 1.29 is 18.7 Å². The molecule has 2 aromatic carbocycles. The lowest BCUT2D eigenvalue weighted by Gasteiger charge is -2.11. The number of amides is 1. The van der Waals surface area contributed by atoms with Crippen molar-refractivity contribution in [3.05, 3.63) is 53.8 Å². The average Bonchev–Trinajstić information content (AvgIpc) is 2.47. The van der Waals surface area contributed by atoms with Crippen LogP contribution in [0.4, 0.5) is 10.1 Å². The first kappa shape index (κ1) is 14.8. The number of hydrogen-bond acceptors (Lipinski definition) is 3. The maximum atomic E-state index is 13.4. The van der Waals surface area contributed by atoms with Crippen LogP contribution in [0.3, 0.4) is 0 Å². The lowest BCUT2D eigenvalue weighted by atomic mass is 10.2. The Morgan fingerprint density at radius 3 is 2.67 bits per heavy atom. The zero-order chi connectivity index (χ0) is 15.2. The minimum Gasteiger partial charge on any atom is -0.495 e. The molecule has 2 rings (SSSR count). The van der Waals surface area contributed by atoms with Crippen LogP contribution in [0.5, 0.6) is 11.5 Å². The molecule has 0 aliphatic rings. The molecule has 0 saturated heterocycles. The first-order valence-corrected chi connectivity index (χ1v) is 6.42. The quantitative estimate of drug-likeness (QED) is 0.919. The second-order valence-corrected chi connectivity index (χ2v) is 4.47. The Balaban J connectivity index is 1.99. The molecule has 0 bridgehead atoms. The molecular weight excluding hydrogens is 273 g/mol. The Kier molecular flexibility index (Phi) is 4.77. The number of para-hydroxylation sites is 1. The smallest absolute Gasteiger partial charge is 0.262 e. The summed E-state index contributed by atoms with van der Waals surface area (Å²) >= 11 is 0. The molecule has 0 unspecified atom stereocenters. The van der Waals surface area contributed by atoms with Crippen LogP contribution in [-0.2, 0) is 4.79 Å². The molecule has 0 fully saturated rings. The lowest BCUT2D eigenvalue weighted by molar-refractivity contribution is -0.118. The number of nitrogens with one attached hydrogen (secondary N) is 1. The van der Waals surface area contributed by atoms with E-state index in [-0.39, 0.29) is 18.3 Å². The standard InChI is InChI=1S/C16H16FNO3/c1-11-7-8-15(20-2)13(9-11)18-16(19)10-21-14-6-4-3-5-12(14)17/h3-9H,10H2,1-2H3,(H,18,19). The second kappa shape index (κ2) is 6.74. The number of ether oxygens (including phenoxy) is 2. The van der Waals surface area contributed by atoms with Crippen LogP contribution < -0.4 is 14.8 Å². The molecule has 0 radical (unpaired) electrons. The molecule has 2 aromatic rings. The van der Waals surface area contributed by atoms with Crippen LogP contribution in [0.2, 0.25) is 0 Å². The van der Waals surface area contributed by atoms with Gasteiger partial charge < -0.3 is 14.8 Å². The van der Waals surface area contributed by atoms with E-state index < -0.39 is 5.82 Å². The van der Waals surface area contributed by atoms with E-state index in [2.05, 4.69) is 5.32 Å². The number of halogens is 1. The summed E-state index contributed by atoms with van der Waals surface area (Å²) in [5.74, 6) is -0.288. The van der Waals surface area contributed by atoms with Crippen molar-refractivity contribution in [3.8, 4) is 11.5 Å². The van der Waals surface area contributed by atoms with Gasteiger partial charge in [-0.05, 0) is 36.8 Å². The zero-order valence-electron chi connectivity index (χ0n) is 11.9. The minimum atomic E-state index is -0.501. The first-order chi connectivity index (χ1) is 10.1. The van der Waals surface area contributed by atoms with E-state index in [1.165, 1.54) is 19.2 Å². The number of hydrogen-bond donors (Lipinski definition) is 1. The van der Waals surface area contributed by atoms with Gasteiger partial charge in [0.05, 0.1) is 12.8 Å². The normalized spacial score (nSPS) is 10.0. The van der Waals surface area contributed by atoms with Crippen molar-refractivity contribution in [1.82, 2.24) is 0 Å². The van der Waals surface area contributed by atoms with Crippen molar-refractivity contribution in [1.29, 1.82) is 0 Å². The van der Waals surface area contributed by atoms with Crippen molar-refractivity contribution >= 4 is 11.6 Å². The highest BCUT2D eigenvalue weighted by atomic mass is 19.1. The molecule has 1 amide bonds. The molecule has 0 aromatic heterocycles. The summed E-state index contributed by atoms with van der Waals surface area (Å²) in [4.78, 5) is 11.9. The van der Waals surface area contributed by atoms with E-state index in [1.54, 1.807) is 24.3 Å². The fraction of sp³-hybridized carbons (Fsp3) is 0.188. The van der Waals surface area contributed by atoms with Crippen LogP contribution in [0.15, 0.2) is 42.5 Å². The summed E-state index contributed by atoms with van der Waals surface area (Å²) in [6.07, 6.45) is 0. The third-order valence-electron chi connectivity index (χ3n) is 2.82. The van der Waals surface area contributed by atoms with E-state index in [0.717, 1.165) is 5.56 Å². The number of aryl methyl sites for hydroxylation is 1. The minimum absolute atomic E-state index is 0.0452. The van der Waals surface area contributed by atoms with Gasteiger partial charge in [-0.2, -0.15) is 0 Å². The molecule has 0 aliphatic heterocycles. The third kappa shape index (κ3) is 3.95. The fourth-order valence-electron chi connectivity index (χ4n) is 1.81. The lowest BCUT2D eigenvalue weighted by Crippen LogP contribution is -2.20. The van der Waals surface area contributed by atoms with Gasteiger partial charge >= 0.3 is 0 Å². The molecular formula is C16H16FNO3. The number of methoxy groups -OCH3 is 1. The van der Waals surface area contributed by atoms with E-state index in [4.69, 9.17) is 9.47 Å². The van der Waals surface area contributed by atoms with Crippen LogP contribution >= 0.6 is 0 Å². The summed E-state index contributed by atoms with van der Waals surface area (Å²) in [5.41, 5.74) is 1.54. The van der Waals surface area contributed by atoms with Crippen molar-refractivity contribution in [2.45, 2.75) is 6.92 Å². The van der Waals surface area contributed by atoms with Gasteiger partial charge in [0.15, 0.2) is 18.2 Å². The van der Waals surface area contributed by atoms with E-state index in [1.807, 2.05) is 13.0 Å². The summed E-state index contributed by atoms with van der Waals surface area (Å²) in [6.45, 7) is 1.63. The van der Waals surface area contributed by atoms with E-state index in [0.29, 0.717) is 11.4 Å². The second-order valence-electron chi connectivity index (χ2n) is 4.47. The first-order valence-electron chi connectivity index (χ1n) is 6.42. The van der Waals surface area contributed by atoms with Gasteiger partial charge in [0.25, 0.3) is 5.91 Å². The molecule has 0 aliphatic carbocycles. The summed E-state index contributed by atoms with van der Waals surface area (Å²) in [6, 6.07) is 11.4. The summed E-state index contributed by atoms with van der Waals surface area (Å²) in [5, 5.41) is 2.68. The SMILES string of the molecule is COc1ccc(C)cc1NC(=O)COc1ccccc1F. The topological polar surface area (TPSA) is 47.6 Å². The van der Waals surface area contributed by atoms with Crippen molar-refractivity contribution in [2.75, 3.05) is 19.0 Å². The van der Waals surface area contributed by atoms with Crippen LogP contribution in [-0.4, -0.2) is 19.6 Å². The van der Waals surface area contributed by atoms with Gasteiger partial charge in [-0.15, -0.1) is 0 Å². The van der Waals surface area contributed by atoms with Crippen LogP contribution in [0, 0.1) is 12.7 Å². The van der Waals surface area contributed by atoms with Crippen LogP contribution in [0.25, 0.3) is 0 Å². The molecule has 110 valence electrons. The highest BCUT2D eigenvalue weighted by Gasteiger charge is 2.10. The predicted molar refractivity (Wildman–Crippen MR) is 78.3 cm³/mol. The van der Waals surface area contributed by atoms with Gasteiger partial charge in [-0.1, -0.05) is 18.2 Å². The maximum absolute atomic E-state index is 13.4. The highest BCUT2D eigenvalue weighted by Crippen LogP contribution is 2.25. The van der Waals surface area contributed by atoms with Crippen molar-refractivity contribution in [2.24, 2.45) is 0 Å². The summed E-state index contributed by atoms with van der Waals surface area (Å²) in [7, 11) is 1.52. The Hall–Kier alpha value is -2.56. The molecule has 0 saturated carbocycles. The number of rotatable bonds is 5. The molecule has 1 N–H and O–H groups in total. The van der Waals surface area contributed by atoms with Gasteiger partial charge in [0, 0.05) is 0 Å². The van der Waals surface area contributed by atoms with E-state index >= 15 is 0 Å². The largest absolute Gasteiger partial charge is 0.495 e. The predicted octanol–water partition coefficient (Wildman–Crippen LogP) is 3.16. The fourth-order valence-corrected chi connectivity index (χ4v) is 1.81. The van der Waals surface area contributed by atoms with Crippen LogP contribution in [0.1, 0.15) is 5.56 Å². The zero-order valence-corrected chi connectivity index (χ0v) is 11.9. The monoisotopic (exact) mass is 289 g/mol. The Bertz CT molecular complexity index is 643. The van der Waals surface area contributed by atoms with Gasteiger partial charge in [0.1, 0.15) is 5.75 Å². The Labute approximate surface area is 122 Å². The third-order valence-corrected chi connectivity index (χ3v) is 2.82. The average molecular weight is 289 g/mol. The Morgan fingerprint density at radius 1 is 1.19 bits per heavy atom. The van der Waals surface area contributed by atoms with Gasteiger partial charge in [0.2, 0.25) is 0 Å². The molecule has 0 atom stereocenters. The molecule has 4 nitrogen and oxygen atoms in total. The maximum Gasteiger partial charge on any atom is 0.262 e. The molecule has 0 spiro atoms. The van der Waals surface area contributed by atoms with Gasteiger partial charge in [-0.3, -0.25) is 4.79 Å². The summed E-state index contributed by atoms with van der Waals surface area (Å²) < 4.78 is 23.7. The number of anilines is 1. The molecule has 0 heterocycles. The highest BCUT2D eigenvalue weighted by molar-refractivity contribution is 5.93. The number of benzene rings is 2. The van der Waals surface area contributed by atoms with Gasteiger partial charge in [-0.25, -0.2) is 4.39 Å².